The van der Waals surface area contributed by atoms with Crippen molar-refractivity contribution in [2.45, 2.75) is 11.7 Å². The Kier molecular flexibility index (Phi) is 4.96. The molecule has 0 N–H and O–H groups in total. The first kappa shape index (κ1) is 17.5. The number of amides is 1. The second-order valence-electron chi connectivity index (χ2n) is 6.15. The lowest BCUT2D eigenvalue weighted by molar-refractivity contribution is 0.0762. The van der Waals surface area contributed by atoms with Crippen LogP contribution in [0.4, 0.5) is 4.39 Å². The predicted molar refractivity (Wildman–Crippen MR) is 99.7 cm³/mol. The minimum atomic E-state index is -0.577. The quantitative estimate of drug-likeness (QED) is 0.751. The van der Waals surface area contributed by atoms with Gasteiger partial charge in [0.25, 0.3) is 5.91 Å². The SMILES string of the molecule is O=C(c1c(F)cccc1Cl)N1CCS[C@H](c2ccc3c(c2)OCO3)CC1. The fourth-order valence-electron chi connectivity index (χ4n) is 3.21. The van der Waals surface area contributed by atoms with Crippen molar-refractivity contribution in [3.8, 4) is 11.5 Å². The molecule has 4 rings (SSSR count). The van der Waals surface area contributed by atoms with Crippen LogP contribution < -0.4 is 9.47 Å². The molecule has 2 aromatic rings. The summed E-state index contributed by atoms with van der Waals surface area (Å²) in [6.45, 7) is 1.37. The number of hydrogen-bond donors (Lipinski definition) is 0. The van der Waals surface area contributed by atoms with Crippen molar-refractivity contribution in [1.82, 2.24) is 4.90 Å². The summed E-state index contributed by atoms with van der Waals surface area (Å²) in [6.07, 6.45) is 0.780. The second-order valence-corrected chi connectivity index (χ2v) is 7.87. The van der Waals surface area contributed by atoms with Crippen LogP contribution in [0, 0.1) is 5.82 Å². The van der Waals surface area contributed by atoms with Gasteiger partial charge in [-0.1, -0.05) is 23.7 Å². The molecule has 0 aromatic heterocycles. The van der Waals surface area contributed by atoms with Crippen LogP contribution in [0.25, 0.3) is 0 Å². The zero-order chi connectivity index (χ0) is 18.1. The van der Waals surface area contributed by atoms with Crippen molar-refractivity contribution in [1.29, 1.82) is 0 Å². The topological polar surface area (TPSA) is 38.8 Å². The normalized spacial score (nSPS) is 19.3. The van der Waals surface area contributed by atoms with Crippen molar-refractivity contribution < 1.29 is 18.7 Å². The molecule has 1 saturated heterocycles. The molecular formula is C19H17ClFNO3S. The fraction of sp³-hybridized carbons (Fsp3) is 0.316. The second kappa shape index (κ2) is 7.37. The Morgan fingerprint density at radius 1 is 1.19 bits per heavy atom. The number of rotatable bonds is 2. The largest absolute Gasteiger partial charge is 0.454 e. The van der Waals surface area contributed by atoms with E-state index < -0.39 is 5.82 Å². The van der Waals surface area contributed by atoms with Crippen LogP contribution in [0.1, 0.15) is 27.6 Å². The van der Waals surface area contributed by atoms with Gasteiger partial charge in [-0.2, -0.15) is 11.8 Å². The van der Waals surface area contributed by atoms with E-state index in [1.165, 1.54) is 12.1 Å². The van der Waals surface area contributed by atoms with Gasteiger partial charge in [-0.15, -0.1) is 0 Å². The lowest BCUT2D eigenvalue weighted by Gasteiger charge is -2.21. The first-order valence-electron chi connectivity index (χ1n) is 8.38. The van der Waals surface area contributed by atoms with Crippen LogP contribution >= 0.6 is 23.4 Å². The van der Waals surface area contributed by atoms with Gasteiger partial charge in [-0.25, -0.2) is 4.39 Å². The molecule has 136 valence electrons. The lowest BCUT2D eigenvalue weighted by Crippen LogP contribution is -2.33. The molecule has 26 heavy (non-hydrogen) atoms. The summed E-state index contributed by atoms with van der Waals surface area (Å²) >= 11 is 7.83. The van der Waals surface area contributed by atoms with Gasteiger partial charge >= 0.3 is 0 Å². The number of carbonyl (C=O) groups is 1. The minimum absolute atomic E-state index is 0.0410. The van der Waals surface area contributed by atoms with Gasteiger partial charge < -0.3 is 14.4 Å². The highest BCUT2D eigenvalue weighted by Crippen LogP contribution is 2.40. The molecule has 1 amide bonds. The highest BCUT2D eigenvalue weighted by atomic mass is 35.5. The first-order chi connectivity index (χ1) is 12.6. The van der Waals surface area contributed by atoms with Gasteiger partial charge in [-0.05, 0) is 36.2 Å². The van der Waals surface area contributed by atoms with Crippen molar-refractivity contribution in [3.63, 3.8) is 0 Å². The molecule has 0 aliphatic carbocycles. The highest BCUT2D eigenvalue weighted by Gasteiger charge is 2.27. The third-order valence-electron chi connectivity index (χ3n) is 4.57. The third-order valence-corrected chi connectivity index (χ3v) is 6.22. The molecule has 0 bridgehead atoms. The Balaban J connectivity index is 1.49. The highest BCUT2D eigenvalue weighted by molar-refractivity contribution is 7.99. The van der Waals surface area contributed by atoms with Crippen molar-refractivity contribution in [2.75, 3.05) is 25.6 Å². The maximum absolute atomic E-state index is 14.1. The average Bonchev–Trinajstić information content (AvgIpc) is 2.96. The van der Waals surface area contributed by atoms with Crippen LogP contribution in [0.5, 0.6) is 11.5 Å². The third kappa shape index (κ3) is 3.35. The molecule has 1 atom stereocenters. The number of carbonyl (C=O) groups excluding carboxylic acids is 1. The van der Waals surface area contributed by atoms with Crippen LogP contribution in [-0.4, -0.2) is 36.4 Å². The fourth-order valence-corrected chi connectivity index (χ4v) is 4.68. The molecule has 0 unspecified atom stereocenters. The zero-order valence-electron chi connectivity index (χ0n) is 13.9. The number of ether oxygens (including phenoxy) is 2. The van der Waals surface area contributed by atoms with Gasteiger partial charge in [0.2, 0.25) is 6.79 Å². The summed E-state index contributed by atoms with van der Waals surface area (Å²) in [4.78, 5) is 14.4. The maximum Gasteiger partial charge on any atom is 0.258 e. The standard InChI is InChI=1S/C19H17ClFNO3S/c20-13-2-1-3-14(21)18(13)19(23)22-7-6-17(26-9-8-22)12-4-5-15-16(10-12)25-11-24-15/h1-5,10,17H,6-9,11H2/t17-/m0/s1. The molecular weight excluding hydrogens is 377 g/mol. The molecule has 7 heteroatoms. The number of nitrogens with zero attached hydrogens (tertiary/aromatic N) is 1. The Morgan fingerprint density at radius 2 is 2.04 bits per heavy atom. The van der Waals surface area contributed by atoms with Gasteiger partial charge in [0.15, 0.2) is 11.5 Å². The van der Waals surface area contributed by atoms with Gasteiger partial charge in [-0.3, -0.25) is 4.79 Å². The van der Waals surface area contributed by atoms with Gasteiger partial charge in [0.05, 0.1) is 10.6 Å². The Hall–Kier alpha value is -1.92. The van der Waals surface area contributed by atoms with E-state index in [0.29, 0.717) is 13.1 Å². The van der Waals surface area contributed by atoms with Crippen molar-refractivity contribution in [2.24, 2.45) is 0 Å². The predicted octanol–water partition coefficient (Wildman–Crippen LogP) is 4.53. The summed E-state index contributed by atoms with van der Waals surface area (Å²) < 4.78 is 24.9. The monoisotopic (exact) mass is 393 g/mol. The zero-order valence-corrected chi connectivity index (χ0v) is 15.5. The summed E-state index contributed by atoms with van der Waals surface area (Å²) in [5.74, 6) is 1.38. The molecule has 0 spiro atoms. The Bertz CT molecular complexity index is 827. The summed E-state index contributed by atoms with van der Waals surface area (Å²) in [7, 11) is 0. The maximum atomic E-state index is 14.1. The van der Waals surface area contributed by atoms with E-state index in [4.69, 9.17) is 21.1 Å². The number of benzene rings is 2. The van der Waals surface area contributed by atoms with E-state index in [-0.39, 0.29) is 28.5 Å². The molecule has 1 fully saturated rings. The van der Waals surface area contributed by atoms with E-state index in [2.05, 4.69) is 0 Å². The molecule has 4 nitrogen and oxygen atoms in total. The average molecular weight is 394 g/mol. The molecule has 0 radical (unpaired) electrons. The molecule has 0 saturated carbocycles. The molecule has 2 aromatic carbocycles. The van der Waals surface area contributed by atoms with E-state index in [9.17, 15) is 9.18 Å². The van der Waals surface area contributed by atoms with Gasteiger partial charge in [0, 0.05) is 24.1 Å². The summed E-state index contributed by atoms with van der Waals surface area (Å²) in [5, 5.41) is 0.401. The summed E-state index contributed by atoms with van der Waals surface area (Å²) in [6, 6.07) is 10.3. The lowest BCUT2D eigenvalue weighted by atomic mass is 10.1. The first-order valence-corrected chi connectivity index (χ1v) is 9.80. The molecule has 2 heterocycles. The Morgan fingerprint density at radius 3 is 2.88 bits per heavy atom. The number of halogens is 2. The molecule has 2 aliphatic heterocycles. The molecule has 2 aliphatic rings. The van der Waals surface area contributed by atoms with Crippen LogP contribution in [0.15, 0.2) is 36.4 Å². The van der Waals surface area contributed by atoms with E-state index in [0.717, 1.165) is 29.2 Å². The van der Waals surface area contributed by atoms with E-state index in [1.54, 1.807) is 22.7 Å². The van der Waals surface area contributed by atoms with Gasteiger partial charge in [0.1, 0.15) is 5.82 Å². The van der Waals surface area contributed by atoms with Crippen molar-refractivity contribution >= 4 is 29.3 Å². The van der Waals surface area contributed by atoms with E-state index >= 15 is 0 Å². The smallest absolute Gasteiger partial charge is 0.258 e. The van der Waals surface area contributed by atoms with Crippen LogP contribution in [0.3, 0.4) is 0 Å². The number of fused-ring (bicyclic) bond motifs is 1. The number of hydrogen-bond acceptors (Lipinski definition) is 4. The van der Waals surface area contributed by atoms with Crippen molar-refractivity contribution in [3.05, 3.63) is 58.4 Å². The van der Waals surface area contributed by atoms with Crippen LogP contribution in [-0.2, 0) is 0 Å². The summed E-state index contributed by atoms with van der Waals surface area (Å²) in [5.41, 5.74) is 1.11. The Labute approximate surface area is 160 Å². The van der Waals surface area contributed by atoms with Crippen LogP contribution in [0.2, 0.25) is 5.02 Å². The van der Waals surface area contributed by atoms with E-state index in [1.807, 2.05) is 18.2 Å². The number of thioether (sulfide) groups is 1. The minimum Gasteiger partial charge on any atom is -0.454 e.